The molecule has 1 heterocycles. The molecule has 1 aliphatic carbocycles. The largest absolute Gasteiger partial charge is 0.335 e. The van der Waals surface area contributed by atoms with E-state index in [1.807, 2.05) is 4.90 Å². The Morgan fingerprint density at radius 1 is 1.25 bits per heavy atom. The van der Waals surface area contributed by atoms with Crippen LogP contribution in [0.4, 0.5) is 4.79 Å². The number of piperidine rings is 1. The summed E-state index contributed by atoms with van der Waals surface area (Å²) in [5.41, 5.74) is 5.54. The molecule has 0 aromatic heterocycles. The van der Waals surface area contributed by atoms with E-state index in [4.69, 9.17) is 5.73 Å². The number of halogens is 1. The van der Waals surface area contributed by atoms with Gasteiger partial charge in [-0.1, -0.05) is 0 Å². The van der Waals surface area contributed by atoms with Gasteiger partial charge < -0.3 is 16.0 Å². The smallest absolute Gasteiger partial charge is 0.317 e. The van der Waals surface area contributed by atoms with Gasteiger partial charge in [-0.2, -0.15) is 0 Å². The highest BCUT2D eigenvalue weighted by Gasteiger charge is 2.27. The number of rotatable bonds is 3. The molecular formula is C11H22ClN3O. The lowest BCUT2D eigenvalue weighted by atomic mass is 9.94. The van der Waals surface area contributed by atoms with Gasteiger partial charge in [0.2, 0.25) is 0 Å². The van der Waals surface area contributed by atoms with Gasteiger partial charge in [0.05, 0.1) is 0 Å². The van der Waals surface area contributed by atoms with Crippen LogP contribution >= 0.6 is 12.4 Å². The standard InChI is InChI=1S/C11H21N3O.ClH/c12-6-3-9-4-7-14(8-5-9)11(15)13-10-1-2-10;/h9-10H,1-8,12H2,(H,13,15);1H. The summed E-state index contributed by atoms with van der Waals surface area (Å²) >= 11 is 0. The molecule has 2 amide bonds. The van der Waals surface area contributed by atoms with Crippen molar-refractivity contribution < 1.29 is 4.79 Å². The van der Waals surface area contributed by atoms with E-state index in [2.05, 4.69) is 5.32 Å². The van der Waals surface area contributed by atoms with Crippen LogP contribution in [0.3, 0.4) is 0 Å². The SMILES string of the molecule is Cl.NCCC1CCN(C(=O)NC2CC2)CC1. The van der Waals surface area contributed by atoms with Crippen molar-refractivity contribution in [3.63, 3.8) is 0 Å². The zero-order chi connectivity index (χ0) is 10.7. The van der Waals surface area contributed by atoms with Gasteiger partial charge in [0.25, 0.3) is 0 Å². The van der Waals surface area contributed by atoms with E-state index in [0.717, 1.165) is 57.7 Å². The van der Waals surface area contributed by atoms with Crippen LogP contribution in [-0.4, -0.2) is 36.6 Å². The van der Waals surface area contributed by atoms with E-state index < -0.39 is 0 Å². The van der Waals surface area contributed by atoms with Gasteiger partial charge in [-0.05, 0) is 44.6 Å². The Morgan fingerprint density at radius 3 is 2.38 bits per heavy atom. The fourth-order valence-electron chi connectivity index (χ4n) is 2.15. The zero-order valence-electron chi connectivity index (χ0n) is 9.65. The maximum Gasteiger partial charge on any atom is 0.317 e. The summed E-state index contributed by atoms with van der Waals surface area (Å²) in [6, 6.07) is 0.614. The van der Waals surface area contributed by atoms with Gasteiger partial charge in [0.1, 0.15) is 0 Å². The van der Waals surface area contributed by atoms with Gasteiger partial charge in [-0.15, -0.1) is 12.4 Å². The predicted molar refractivity (Wildman–Crippen MR) is 66.8 cm³/mol. The topological polar surface area (TPSA) is 58.4 Å². The van der Waals surface area contributed by atoms with Crippen molar-refractivity contribution in [2.75, 3.05) is 19.6 Å². The third-order valence-electron chi connectivity index (χ3n) is 3.38. The second-order valence-corrected chi connectivity index (χ2v) is 4.73. The summed E-state index contributed by atoms with van der Waals surface area (Å²) < 4.78 is 0. The van der Waals surface area contributed by atoms with Crippen LogP contribution in [0.5, 0.6) is 0 Å². The van der Waals surface area contributed by atoms with E-state index in [0.29, 0.717) is 6.04 Å². The monoisotopic (exact) mass is 247 g/mol. The minimum atomic E-state index is 0. The van der Waals surface area contributed by atoms with Crippen LogP contribution in [-0.2, 0) is 0 Å². The van der Waals surface area contributed by atoms with Gasteiger partial charge in [-0.25, -0.2) is 4.79 Å². The Bertz CT molecular complexity index is 225. The molecule has 1 saturated heterocycles. The van der Waals surface area contributed by atoms with E-state index in [1.165, 1.54) is 0 Å². The van der Waals surface area contributed by atoms with Crippen molar-refractivity contribution in [3.05, 3.63) is 0 Å². The average molecular weight is 248 g/mol. The molecule has 0 spiro atoms. The second kappa shape index (κ2) is 6.30. The summed E-state index contributed by atoms with van der Waals surface area (Å²) in [6.45, 7) is 2.59. The number of amides is 2. The van der Waals surface area contributed by atoms with Gasteiger partial charge in [0.15, 0.2) is 0 Å². The quantitative estimate of drug-likeness (QED) is 0.791. The molecule has 3 N–H and O–H groups in total. The Hall–Kier alpha value is -0.480. The van der Waals surface area contributed by atoms with Gasteiger partial charge in [0, 0.05) is 19.1 Å². The minimum Gasteiger partial charge on any atom is -0.335 e. The lowest BCUT2D eigenvalue weighted by Gasteiger charge is -2.31. The van der Waals surface area contributed by atoms with Gasteiger partial charge in [-0.3, -0.25) is 0 Å². The van der Waals surface area contributed by atoms with Crippen molar-refractivity contribution in [2.45, 2.75) is 38.1 Å². The summed E-state index contributed by atoms with van der Waals surface area (Å²) in [7, 11) is 0. The fraction of sp³-hybridized carbons (Fsp3) is 0.909. The summed E-state index contributed by atoms with van der Waals surface area (Å²) in [6.07, 6.45) is 5.67. The lowest BCUT2D eigenvalue weighted by Crippen LogP contribution is -2.45. The lowest BCUT2D eigenvalue weighted by molar-refractivity contribution is 0.168. The Morgan fingerprint density at radius 2 is 1.88 bits per heavy atom. The number of hydrogen-bond donors (Lipinski definition) is 2. The van der Waals surface area contributed by atoms with Crippen LogP contribution in [0.2, 0.25) is 0 Å². The van der Waals surface area contributed by atoms with Crippen LogP contribution in [0, 0.1) is 5.92 Å². The Labute approximate surface area is 103 Å². The van der Waals surface area contributed by atoms with Crippen molar-refractivity contribution >= 4 is 18.4 Å². The molecule has 0 radical (unpaired) electrons. The molecule has 2 rings (SSSR count). The van der Waals surface area contributed by atoms with Crippen molar-refractivity contribution in [1.82, 2.24) is 10.2 Å². The van der Waals surface area contributed by atoms with E-state index in [1.54, 1.807) is 0 Å². The van der Waals surface area contributed by atoms with Gasteiger partial charge >= 0.3 is 6.03 Å². The molecule has 2 fully saturated rings. The van der Waals surface area contributed by atoms with Crippen LogP contribution in [0.1, 0.15) is 32.1 Å². The number of hydrogen-bond acceptors (Lipinski definition) is 2. The van der Waals surface area contributed by atoms with Crippen LogP contribution < -0.4 is 11.1 Å². The number of urea groups is 1. The predicted octanol–water partition coefficient (Wildman–Crippen LogP) is 1.34. The first-order valence-corrected chi connectivity index (χ1v) is 6.05. The zero-order valence-corrected chi connectivity index (χ0v) is 10.5. The van der Waals surface area contributed by atoms with Crippen LogP contribution in [0.15, 0.2) is 0 Å². The highest BCUT2D eigenvalue weighted by molar-refractivity contribution is 5.85. The maximum atomic E-state index is 11.7. The molecule has 0 aromatic rings. The third-order valence-corrected chi connectivity index (χ3v) is 3.38. The number of carbonyl (C=O) groups excluding carboxylic acids is 1. The summed E-state index contributed by atoms with van der Waals surface area (Å²) in [5.74, 6) is 0.736. The van der Waals surface area contributed by atoms with E-state index >= 15 is 0 Å². The normalized spacial score (nSPS) is 21.4. The van der Waals surface area contributed by atoms with Crippen molar-refractivity contribution in [3.8, 4) is 0 Å². The molecule has 94 valence electrons. The number of nitrogens with zero attached hydrogens (tertiary/aromatic N) is 1. The van der Waals surface area contributed by atoms with Crippen molar-refractivity contribution in [1.29, 1.82) is 0 Å². The molecule has 1 saturated carbocycles. The van der Waals surface area contributed by atoms with E-state index in [9.17, 15) is 4.79 Å². The van der Waals surface area contributed by atoms with Crippen molar-refractivity contribution in [2.24, 2.45) is 11.7 Å². The molecule has 16 heavy (non-hydrogen) atoms. The first kappa shape index (κ1) is 13.6. The molecule has 0 atom stereocenters. The summed E-state index contributed by atoms with van der Waals surface area (Å²) in [4.78, 5) is 13.7. The molecule has 1 aliphatic heterocycles. The number of nitrogens with one attached hydrogen (secondary N) is 1. The number of likely N-dealkylation sites (tertiary alicyclic amines) is 1. The number of carbonyl (C=O) groups is 1. The molecule has 4 nitrogen and oxygen atoms in total. The average Bonchev–Trinajstić information content (AvgIpc) is 3.03. The fourth-order valence-corrected chi connectivity index (χ4v) is 2.15. The first-order chi connectivity index (χ1) is 7.29. The number of nitrogens with two attached hydrogens (primary N) is 1. The molecule has 2 aliphatic rings. The van der Waals surface area contributed by atoms with Crippen LogP contribution in [0.25, 0.3) is 0 Å². The molecule has 0 aromatic carbocycles. The molecular weight excluding hydrogens is 226 g/mol. The highest BCUT2D eigenvalue weighted by Crippen LogP contribution is 2.22. The highest BCUT2D eigenvalue weighted by atomic mass is 35.5. The summed E-state index contributed by atoms with van der Waals surface area (Å²) in [5, 5.41) is 3.03. The second-order valence-electron chi connectivity index (χ2n) is 4.73. The Kier molecular flexibility index (Phi) is 5.35. The minimum absolute atomic E-state index is 0. The molecule has 5 heteroatoms. The third kappa shape index (κ3) is 3.83. The molecule has 0 unspecified atom stereocenters. The maximum absolute atomic E-state index is 11.7. The first-order valence-electron chi connectivity index (χ1n) is 6.05. The van der Waals surface area contributed by atoms with E-state index in [-0.39, 0.29) is 18.4 Å². The molecule has 0 bridgehead atoms. The Balaban J connectivity index is 0.00000128.